The maximum absolute atomic E-state index is 12.3. The van der Waals surface area contributed by atoms with Crippen LogP contribution >= 0.6 is 0 Å². The molecule has 0 bridgehead atoms. The van der Waals surface area contributed by atoms with Gasteiger partial charge >= 0.3 is 5.97 Å². The fourth-order valence-corrected chi connectivity index (χ4v) is 4.24. The van der Waals surface area contributed by atoms with E-state index in [0.717, 1.165) is 30.4 Å². The van der Waals surface area contributed by atoms with Crippen LogP contribution in [0.4, 0.5) is 0 Å². The average Bonchev–Trinajstić information content (AvgIpc) is 2.88. The van der Waals surface area contributed by atoms with Gasteiger partial charge in [0.05, 0.1) is 12.2 Å². The maximum Gasteiger partial charge on any atom is 0.373 e. The number of hydrogen-bond donors (Lipinski definition) is 0. The van der Waals surface area contributed by atoms with Crippen LogP contribution in [0.2, 0.25) is 0 Å². The quantitative estimate of drug-likeness (QED) is 0.111. The lowest BCUT2D eigenvalue weighted by Crippen LogP contribution is -2.07. The summed E-state index contributed by atoms with van der Waals surface area (Å²) in [4.78, 5) is 22.4. The summed E-state index contributed by atoms with van der Waals surface area (Å²) in [7, 11) is 0. The topological polar surface area (TPSA) is 35.5 Å². The van der Waals surface area contributed by atoms with Crippen LogP contribution in [0, 0.1) is 6.92 Å². The van der Waals surface area contributed by atoms with Crippen LogP contribution in [0.1, 0.15) is 113 Å². The number of rotatable bonds is 20. The zero-order chi connectivity index (χ0) is 24.1. The van der Waals surface area contributed by atoms with Gasteiger partial charge in [-0.3, -0.25) is 4.89 Å². The van der Waals surface area contributed by atoms with E-state index in [0.29, 0.717) is 12.2 Å². The summed E-state index contributed by atoms with van der Waals surface area (Å²) in [5.74, 6) is -0.438. The molecular formula is C31H45O3. The fourth-order valence-electron chi connectivity index (χ4n) is 4.24. The molecule has 1 radical (unpaired) electrons. The Bertz CT molecular complexity index is 756. The summed E-state index contributed by atoms with van der Waals surface area (Å²) in [6, 6.07) is 17.5. The highest BCUT2D eigenvalue weighted by Crippen LogP contribution is 2.20. The van der Waals surface area contributed by atoms with Crippen LogP contribution < -0.4 is 0 Å². The molecule has 0 aliphatic heterocycles. The molecule has 0 saturated heterocycles. The predicted octanol–water partition coefficient (Wildman–Crippen LogP) is 9.52. The Balaban J connectivity index is 1.39. The Hall–Kier alpha value is -2.13. The molecule has 34 heavy (non-hydrogen) atoms. The van der Waals surface area contributed by atoms with Gasteiger partial charge in [-0.2, -0.15) is 4.89 Å². The molecule has 2 aromatic rings. The Kier molecular flexibility index (Phi) is 15.9. The molecule has 0 aliphatic rings. The fraction of sp³-hybridized carbons (Fsp3) is 0.548. The minimum atomic E-state index is -0.438. The van der Waals surface area contributed by atoms with Crippen molar-refractivity contribution in [3.8, 4) is 11.1 Å². The van der Waals surface area contributed by atoms with E-state index < -0.39 is 5.97 Å². The van der Waals surface area contributed by atoms with Gasteiger partial charge in [-0.05, 0) is 29.7 Å². The molecule has 0 saturated carbocycles. The number of hydrogen-bond acceptors (Lipinski definition) is 3. The Morgan fingerprint density at radius 2 is 1.09 bits per heavy atom. The van der Waals surface area contributed by atoms with E-state index in [1.807, 2.05) is 48.5 Å². The van der Waals surface area contributed by atoms with Gasteiger partial charge in [0.15, 0.2) is 0 Å². The Labute approximate surface area is 208 Å². The zero-order valence-electron chi connectivity index (χ0n) is 21.1. The monoisotopic (exact) mass is 465 g/mol. The van der Waals surface area contributed by atoms with Crippen LogP contribution in [0.5, 0.6) is 0 Å². The molecule has 0 heterocycles. The largest absolute Gasteiger partial charge is 0.373 e. The van der Waals surface area contributed by atoms with Crippen LogP contribution in [0.15, 0.2) is 54.6 Å². The maximum atomic E-state index is 12.3. The highest BCUT2D eigenvalue weighted by Gasteiger charge is 2.09. The first kappa shape index (κ1) is 28.1. The minimum Gasteiger partial charge on any atom is -0.293 e. The molecule has 0 N–H and O–H groups in total. The van der Waals surface area contributed by atoms with Gasteiger partial charge in [-0.25, -0.2) is 4.79 Å². The van der Waals surface area contributed by atoms with Crippen molar-refractivity contribution in [3.05, 3.63) is 67.1 Å². The highest BCUT2D eigenvalue weighted by molar-refractivity contribution is 5.90. The first-order valence-electron chi connectivity index (χ1n) is 13.6. The highest BCUT2D eigenvalue weighted by atomic mass is 17.2. The van der Waals surface area contributed by atoms with Crippen LogP contribution in [-0.4, -0.2) is 12.6 Å². The predicted molar refractivity (Wildman–Crippen MR) is 142 cm³/mol. The molecule has 2 rings (SSSR count). The summed E-state index contributed by atoms with van der Waals surface area (Å²) in [6.07, 6.45) is 20.8. The molecule has 0 unspecified atom stereocenters. The molecule has 187 valence electrons. The van der Waals surface area contributed by atoms with Gasteiger partial charge < -0.3 is 0 Å². The average molecular weight is 466 g/mol. The number of carbonyl (C=O) groups is 1. The van der Waals surface area contributed by atoms with Gasteiger partial charge in [-0.15, -0.1) is 0 Å². The summed E-state index contributed by atoms with van der Waals surface area (Å²) < 4.78 is 0. The first-order valence-corrected chi connectivity index (χ1v) is 13.6. The molecule has 3 nitrogen and oxygen atoms in total. The van der Waals surface area contributed by atoms with Gasteiger partial charge in [0, 0.05) is 0 Å². The second kappa shape index (κ2) is 19.2. The molecular weight excluding hydrogens is 420 g/mol. The molecule has 0 aromatic heterocycles. The number of unbranched alkanes of at least 4 members (excludes halogenated alkanes) is 15. The van der Waals surface area contributed by atoms with E-state index in [1.165, 1.54) is 83.5 Å². The molecule has 0 atom stereocenters. The second-order valence-corrected chi connectivity index (χ2v) is 9.30. The van der Waals surface area contributed by atoms with Crippen molar-refractivity contribution in [2.75, 3.05) is 6.61 Å². The smallest absolute Gasteiger partial charge is 0.293 e. The number of carbonyl (C=O) groups excluding carboxylic acids is 1. The molecule has 0 aliphatic carbocycles. The zero-order valence-corrected chi connectivity index (χ0v) is 21.1. The summed E-state index contributed by atoms with van der Waals surface area (Å²) in [5.41, 5.74) is 2.57. The van der Waals surface area contributed by atoms with Crippen molar-refractivity contribution in [1.29, 1.82) is 0 Å². The van der Waals surface area contributed by atoms with E-state index in [2.05, 4.69) is 6.92 Å². The standard InChI is InChI=1S/C31H45O3/c1-2-3-4-5-6-7-8-9-10-11-12-13-14-15-16-20-26-33-34-31(32)30-25-21-24-29(27-30)28-22-18-17-19-23-28/h17-19,21-25,27H,1-16,20,26H2. The van der Waals surface area contributed by atoms with Gasteiger partial charge in [0.25, 0.3) is 0 Å². The number of benzene rings is 2. The first-order chi connectivity index (χ1) is 16.8. The van der Waals surface area contributed by atoms with Crippen LogP contribution in [0.25, 0.3) is 11.1 Å². The van der Waals surface area contributed by atoms with E-state index >= 15 is 0 Å². The molecule has 3 heteroatoms. The second-order valence-electron chi connectivity index (χ2n) is 9.30. The van der Waals surface area contributed by atoms with E-state index in [-0.39, 0.29) is 0 Å². The summed E-state index contributed by atoms with van der Waals surface area (Å²) in [5, 5.41) is 0. The van der Waals surface area contributed by atoms with Crippen molar-refractivity contribution in [2.24, 2.45) is 0 Å². The third kappa shape index (κ3) is 12.9. The van der Waals surface area contributed by atoms with Crippen molar-refractivity contribution in [3.63, 3.8) is 0 Å². The SMILES string of the molecule is [CH2]CCCCCCCCCCCCCCCCCOOC(=O)c1cccc(-c2ccccc2)c1. The molecule has 0 fully saturated rings. The van der Waals surface area contributed by atoms with Crippen molar-refractivity contribution in [1.82, 2.24) is 0 Å². The lowest BCUT2D eigenvalue weighted by molar-refractivity contribution is -0.241. The lowest BCUT2D eigenvalue weighted by Gasteiger charge is -2.06. The normalized spacial score (nSPS) is 11.0. The molecule has 2 aromatic carbocycles. The third-order valence-electron chi connectivity index (χ3n) is 6.32. The van der Waals surface area contributed by atoms with E-state index in [1.54, 1.807) is 6.07 Å². The van der Waals surface area contributed by atoms with E-state index in [9.17, 15) is 4.79 Å². The third-order valence-corrected chi connectivity index (χ3v) is 6.32. The molecule has 0 spiro atoms. The van der Waals surface area contributed by atoms with Crippen molar-refractivity contribution < 1.29 is 14.6 Å². The van der Waals surface area contributed by atoms with Crippen molar-refractivity contribution in [2.45, 2.75) is 103 Å². The lowest BCUT2D eigenvalue weighted by atomic mass is 10.0. The Morgan fingerprint density at radius 1 is 0.588 bits per heavy atom. The van der Waals surface area contributed by atoms with E-state index in [4.69, 9.17) is 9.78 Å². The van der Waals surface area contributed by atoms with Crippen LogP contribution in [0.3, 0.4) is 0 Å². The summed E-state index contributed by atoms with van der Waals surface area (Å²) >= 11 is 0. The van der Waals surface area contributed by atoms with Gasteiger partial charge in [0.2, 0.25) is 0 Å². The Morgan fingerprint density at radius 3 is 1.65 bits per heavy atom. The van der Waals surface area contributed by atoms with Crippen LogP contribution in [-0.2, 0) is 9.78 Å². The minimum absolute atomic E-state index is 0.438. The van der Waals surface area contributed by atoms with Crippen molar-refractivity contribution >= 4 is 5.97 Å². The summed E-state index contributed by atoms with van der Waals surface area (Å²) in [6.45, 7) is 4.36. The molecule has 0 amide bonds. The van der Waals surface area contributed by atoms with Gasteiger partial charge in [-0.1, -0.05) is 146 Å². The van der Waals surface area contributed by atoms with Gasteiger partial charge in [0.1, 0.15) is 0 Å².